The summed E-state index contributed by atoms with van der Waals surface area (Å²) in [5.41, 5.74) is 2.04. The lowest BCUT2D eigenvalue weighted by atomic mass is 10.2. The van der Waals surface area contributed by atoms with E-state index in [2.05, 4.69) is 4.98 Å². The number of hydrogen-bond donors (Lipinski definition) is 0. The Hall–Kier alpha value is -3.04. The molecule has 1 fully saturated rings. The van der Waals surface area contributed by atoms with E-state index in [0.717, 1.165) is 5.56 Å². The summed E-state index contributed by atoms with van der Waals surface area (Å²) in [4.78, 5) is 31.4. The minimum atomic E-state index is -3.45. The fourth-order valence-electron chi connectivity index (χ4n) is 3.80. The van der Waals surface area contributed by atoms with Gasteiger partial charge in [-0.2, -0.15) is 4.31 Å². The monoisotopic (exact) mass is 440 g/mol. The van der Waals surface area contributed by atoms with E-state index in [-0.39, 0.29) is 36.9 Å². The van der Waals surface area contributed by atoms with Gasteiger partial charge < -0.3 is 4.90 Å². The number of carbonyl (C=O) groups is 1. The van der Waals surface area contributed by atoms with Crippen LogP contribution in [-0.2, 0) is 27.1 Å². The lowest BCUT2D eigenvalue weighted by Gasteiger charge is -2.34. The summed E-state index contributed by atoms with van der Waals surface area (Å²) >= 11 is 0. The fourth-order valence-corrected chi connectivity index (χ4v) is 5.32. The maximum atomic E-state index is 12.9. The Morgan fingerprint density at radius 1 is 0.968 bits per heavy atom. The first-order valence-corrected chi connectivity index (χ1v) is 11.7. The Bertz CT molecular complexity index is 1260. The maximum Gasteiger partial charge on any atom is 0.272 e. The average Bonchev–Trinajstić information content (AvgIpc) is 2.77. The molecule has 31 heavy (non-hydrogen) atoms. The Morgan fingerprint density at radius 2 is 1.61 bits per heavy atom. The van der Waals surface area contributed by atoms with Crippen molar-refractivity contribution in [2.75, 3.05) is 26.2 Å². The van der Waals surface area contributed by atoms with E-state index in [9.17, 15) is 18.0 Å². The topological polar surface area (TPSA) is 92.6 Å². The summed E-state index contributed by atoms with van der Waals surface area (Å²) in [5, 5.41) is 0. The van der Waals surface area contributed by atoms with Gasteiger partial charge in [0.2, 0.25) is 15.9 Å². The predicted molar refractivity (Wildman–Crippen MR) is 118 cm³/mol. The lowest BCUT2D eigenvalue weighted by Crippen LogP contribution is -2.51. The van der Waals surface area contributed by atoms with Crippen LogP contribution in [0.15, 0.2) is 59.4 Å². The number of hydrogen-bond acceptors (Lipinski definition) is 5. The third-order valence-electron chi connectivity index (χ3n) is 5.49. The molecule has 8 nitrogen and oxygen atoms in total. The number of aryl methyl sites for hydroxylation is 1. The number of nitrogens with zero attached hydrogens (tertiary/aromatic N) is 4. The first kappa shape index (κ1) is 21.2. The SMILES string of the molecule is Cc1nc2ccccc2n(CC(=O)N2CCN(S(=O)(=O)Cc3ccccc3)CC2)c1=O. The molecule has 1 aromatic heterocycles. The zero-order chi connectivity index (χ0) is 22.0. The molecule has 1 saturated heterocycles. The van der Waals surface area contributed by atoms with Crippen LogP contribution in [-0.4, -0.2) is 59.3 Å². The van der Waals surface area contributed by atoms with Gasteiger partial charge in [-0.1, -0.05) is 42.5 Å². The number of rotatable bonds is 5. The number of piperazine rings is 1. The van der Waals surface area contributed by atoms with Crippen molar-refractivity contribution in [1.82, 2.24) is 18.8 Å². The third kappa shape index (κ3) is 4.52. The molecule has 1 aliphatic heterocycles. The van der Waals surface area contributed by atoms with Crippen LogP contribution in [0.4, 0.5) is 0 Å². The van der Waals surface area contributed by atoms with Crippen molar-refractivity contribution in [3.63, 3.8) is 0 Å². The number of carbonyl (C=O) groups excluding carboxylic acids is 1. The minimum absolute atomic E-state index is 0.0561. The van der Waals surface area contributed by atoms with Gasteiger partial charge in [-0.05, 0) is 24.6 Å². The van der Waals surface area contributed by atoms with E-state index < -0.39 is 10.0 Å². The van der Waals surface area contributed by atoms with E-state index >= 15 is 0 Å². The van der Waals surface area contributed by atoms with E-state index in [1.807, 2.05) is 24.3 Å². The van der Waals surface area contributed by atoms with Gasteiger partial charge in [0.05, 0.1) is 16.8 Å². The van der Waals surface area contributed by atoms with Crippen molar-refractivity contribution in [1.29, 1.82) is 0 Å². The van der Waals surface area contributed by atoms with Gasteiger partial charge in [-0.3, -0.25) is 14.2 Å². The first-order valence-electron chi connectivity index (χ1n) is 10.1. The van der Waals surface area contributed by atoms with Crippen molar-refractivity contribution in [3.05, 3.63) is 76.2 Å². The van der Waals surface area contributed by atoms with Crippen LogP contribution in [0.2, 0.25) is 0 Å². The molecular weight excluding hydrogens is 416 g/mol. The highest BCUT2D eigenvalue weighted by Gasteiger charge is 2.29. The molecule has 162 valence electrons. The largest absolute Gasteiger partial charge is 0.339 e. The highest BCUT2D eigenvalue weighted by molar-refractivity contribution is 7.88. The summed E-state index contributed by atoms with van der Waals surface area (Å²) < 4.78 is 28.3. The molecule has 0 unspecified atom stereocenters. The van der Waals surface area contributed by atoms with Crippen LogP contribution < -0.4 is 5.56 Å². The summed E-state index contributed by atoms with van der Waals surface area (Å²) in [6, 6.07) is 16.3. The van der Waals surface area contributed by atoms with Crippen LogP contribution in [0, 0.1) is 6.92 Å². The zero-order valence-electron chi connectivity index (χ0n) is 17.3. The molecule has 0 aliphatic carbocycles. The summed E-state index contributed by atoms with van der Waals surface area (Å²) in [6.45, 7) is 2.61. The standard InChI is InChI=1S/C22H24N4O4S/c1-17-22(28)26(20-10-6-5-9-19(20)23-17)15-21(27)24-11-13-25(14-12-24)31(29,30)16-18-7-3-2-4-8-18/h2-10H,11-16H2,1H3. The van der Waals surface area contributed by atoms with Gasteiger partial charge in [-0.15, -0.1) is 0 Å². The van der Waals surface area contributed by atoms with Gasteiger partial charge in [0.15, 0.2) is 0 Å². The van der Waals surface area contributed by atoms with Gasteiger partial charge in [0.1, 0.15) is 12.2 Å². The molecule has 0 saturated carbocycles. The van der Waals surface area contributed by atoms with Crippen molar-refractivity contribution in [2.24, 2.45) is 0 Å². The van der Waals surface area contributed by atoms with Crippen molar-refractivity contribution < 1.29 is 13.2 Å². The summed E-state index contributed by atoms with van der Waals surface area (Å²) in [7, 11) is -3.45. The van der Waals surface area contributed by atoms with E-state index in [4.69, 9.17) is 0 Å². The van der Waals surface area contributed by atoms with Gasteiger partial charge in [0.25, 0.3) is 5.56 Å². The summed E-state index contributed by atoms with van der Waals surface area (Å²) in [5.74, 6) is -0.266. The second-order valence-corrected chi connectivity index (χ2v) is 9.57. The van der Waals surface area contributed by atoms with E-state index in [1.165, 1.54) is 8.87 Å². The number of benzene rings is 2. The molecular formula is C22H24N4O4S. The molecule has 9 heteroatoms. The normalized spacial score (nSPS) is 15.3. The van der Waals surface area contributed by atoms with Crippen LogP contribution >= 0.6 is 0 Å². The highest BCUT2D eigenvalue weighted by Crippen LogP contribution is 2.15. The number of amides is 1. The predicted octanol–water partition coefficient (Wildman–Crippen LogP) is 1.38. The summed E-state index contributed by atoms with van der Waals surface area (Å²) in [6.07, 6.45) is 0. The maximum absolute atomic E-state index is 12.9. The molecule has 1 aliphatic rings. The quantitative estimate of drug-likeness (QED) is 0.598. The Labute approximate surface area is 180 Å². The number of aromatic nitrogens is 2. The van der Waals surface area contributed by atoms with Crippen LogP contribution in [0.25, 0.3) is 11.0 Å². The molecule has 0 atom stereocenters. The zero-order valence-corrected chi connectivity index (χ0v) is 18.1. The van der Waals surface area contributed by atoms with Crippen molar-refractivity contribution in [3.8, 4) is 0 Å². The Morgan fingerprint density at radius 3 is 2.32 bits per heavy atom. The smallest absolute Gasteiger partial charge is 0.272 e. The number of fused-ring (bicyclic) bond motifs is 1. The molecule has 3 aromatic rings. The second-order valence-electron chi connectivity index (χ2n) is 7.60. The fraction of sp³-hybridized carbons (Fsp3) is 0.318. The van der Waals surface area contributed by atoms with E-state index in [1.54, 1.807) is 42.2 Å². The molecule has 0 spiro atoms. The molecule has 0 radical (unpaired) electrons. The van der Waals surface area contributed by atoms with Gasteiger partial charge in [0, 0.05) is 26.2 Å². The van der Waals surface area contributed by atoms with Crippen LogP contribution in [0.1, 0.15) is 11.3 Å². The Balaban J connectivity index is 1.44. The third-order valence-corrected chi connectivity index (χ3v) is 7.34. The molecule has 4 rings (SSSR count). The minimum Gasteiger partial charge on any atom is -0.339 e. The molecule has 2 heterocycles. The Kier molecular flexibility index (Phi) is 5.88. The van der Waals surface area contributed by atoms with Gasteiger partial charge in [-0.25, -0.2) is 13.4 Å². The second kappa shape index (κ2) is 8.60. The van der Waals surface area contributed by atoms with Crippen molar-refractivity contribution >= 4 is 27.0 Å². The van der Waals surface area contributed by atoms with Crippen LogP contribution in [0.5, 0.6) is 0 Å². The van der Waals surface area contributed by atoms with Gasteiger partial charge >= 0.3 is 0 Å². The van der Waals surface area contributed by atoms with Crippen LogP contribution in [0.3, 0.4) is 0 Å². The highest BCUT2D eigenvalue weighted by atomic mass is 32.2. The molecule has 2 aromatic carbocycles. The van der Waals surface area contributed by atoms with E-state index in [0.29, 0.717) is 29.8 Å². The average molecular weight is 441 g/mol. The first-order chi connectivity index (χ1) is 14.8. The number of sulfonamides is 1. The molecule has 0 N–H and O–H groups in total. The lowest BCUT2D eigenvalue weighted by molar-refractivity contribution is -0.133. The molecule has 1 amide bonds. The number of para-hydroxylation sites is 2. The molecule has 0 bridgehead atoms. The van der Waals surface area contributed by atoms with Crippen molar-refractivity contribution in [2.45, 2.75) is 19.2 Å².